The van der Waals surface area contributed by atoms with E-state index in [1.165, 1.54) is 0 Å². The number of hydrogen-bond acceptors (Lipinski definition) is 4. The molecule has 76 valence electrons. The van der Waals surface area contributed by atoms with E-state index in [0.29, 0.717) is 13.2 Å². The van der Waals surface area contributed by atoms with Gasteiger partial charge in [0.2, 0.25) is 0 Å². The van der Waals surface area contributed by atoms with Gasteiger partial charge in [0.15, 0.2) is 0 Å². The summed E-state index contributed by atoms with van der Waals surface area (Å²) in [5.74, 6) is 0. The van der Waals surface area contributed by atoms with Crippen LogP contribution >= 0.6 is 0 Å². The van der Waals surface area contributed by atoms with Gasteiger partial charge in [0, 0.05) is 6.20 Å². The Kier molecular flexibility index (Phi) is 2.30. The molecule has 0 bridgehead atoms. The maximum Gasteiger partial charge on any atom is 0.414 e. The van der Waals surface area contributed by atoms with Crippen molar-refractivity contribution in [3.05, 3.63) is 23.7 Å². The summed E-state index contributed by atoms with van der Waals surface area (Å²) in [6.07, 6.45) is 3.30. The van der Waals surface area contributed by atoms with E-state index < -0.39 is 0 Å². The highest BCUT2D eigenvalue weighted by atomic mass is 16.6. The number of allylic oxidation sites excluding steroid dienone is 1. The number of rotatable bonds is 1. The summed E-state index contributed by atoms with van der Waals surface area (Å²) >= 11 is 0. The molecule has 0 aromatic heterocycles. The van der Waals surface area contributed by atoms with E-state index >= 15 is 0 Å². The van der Waals surface area contributed by atoms with Gasteiger partial charge in [-0.25, -0.2) is 4.79 Å². The lowest BCUT2D eigenvalue weighted by molar-refractivity contribution is 0.124. The zero-order valence-corrected chi connectivity index (χ0v) is 8.04. The SMILES string of the molecule is CCOC(=O)N1C=CC2=C(C1)NCN2. The summed E-state index contributed by atoms with van der Waals surface area (Å²) in [6, 6.07) is 0. The van der Waals surface area contributed by atoms with Crippen molar-refractivity contribution in [1.82, 2.24) is 15.5 Å². The minimum Gasteiger partial charge on any atom is -0.449 e. The summed E-state index contributed by atoms with van der Waals surface area (Å²) < 4.78 is 4.89. The maximum atomic E-state index is 11.4. The quantitative estimate of drug-likeness (QED) is 0.633. The van der Waals surface area contributed by atoms with Gasteiger partial charge < -0.3 is 15.4 Å². The van der Waals surface area contributed by atoms with Crippen molar-refractivity contribution in [2.24, 2.45) is 0 Å². The molecular weight excluding hydrogens is 182 g/mol. The normalized spacial score (nSPS) is 18.8. The Balaban J connectivity index is 2.01. The lowest BCUT2D eigenvalue weighted by Gasteiger charge is -2.21. The van der Waals surface area contributed by atoms with Crippen molar-refractivity contribution in [1.29, 1.82) is 0 Å². The molecule has 0 saturated heterocycles. The first-order chi connectivity index (χ1) is 6.81. The minimum absolute atomic E-state index is 0.302. The average Bonchev–Trinajstić information content (AvgIpc) is 2.64. The van der Waals surface area contributed by atoms with Crippen LogP contribution in [0.3, 0.4) is 0 Å². The molecule has 0 aliphatic carbocycles. The molecule has 5 heteroatoms. The fourth-order valence-electron chi connectivity index (χ4n) is 1.47. The predicted octanol–water partition coefficient (Wildman–Crippen LogP) is 0.334. The van der Waals surface area contributed by atoms with E-state index in [0.717, 1.165) is 18.1 Å². The second-order valence-electron chi connectivity index (χ2n) is 3.07. The molecule has 1 amide bonds. The second kappa shape index (κ2) is 3.61. The Hall–Kier alpha value is -1.65. The summed E-state index contributed by atoms with van der Waals surface area (Å²) in [7, 11) is 0. The second-order valence-corrected chi connectivity index (χ2v) is 3.07. The van der Waals surface area contributed by atoms with Crippen molar-refractivity contribution in [2.45, 2.75) is 6.92 Å². The fraction of sp³-hybridized carbons (Fsp3) is 0.444. The first-order valence-corrected chi connectivity index (χ1v) is 4.63. The molecule has 0 saturated carbocycles. The maximum absolute atomic E-state index is 11.4. The van der Waals surface area contributed by atoms with Crippen LogP contribution in [0, 0.1) is 0 Å². The van der Waals surface area contributed by atoms with E-state index in [1.807, 2.05) is 6.08 Å². The van der Waals surface area contributed by atoms with Gasteiger partial charge in [0.1, 0.15) is 0 Å². The predicted molar refractivity (Wildman–Crippen MR) is 51.0 cm³/mol. The molecule has 0 fully saturated rings. The van der Waals surface area contributed by atoms with Gasteiger partial charge in [-0.05, 0) is 13.0 Å². The Bertz CT molecular complexity index is 309. The molecule has 2 rings (SSSR count). The number of nitrogens with one attached hydrogen (secondary N) is 2. The van der Waals surface area contributed by atoms with E-state index in [9.17, 15) is 4.79 Å². The van der Waals surface area contributed by atoms with Crippen LogP contribution in [0.5, 0.6) is 0 Å². The molecule has 0 spiro atoms. The molecule has 0 unspecified atom stereocenters. The van der Waals surface area contributed by atoms with Crippen LogP contribution in [0.4, 0.5) is 4.79 Å². The highest BCUT2D eigenvalue weighted by molar-refractivity contribution is 5.70. The number of amides is 1. The largest absolute Gasteiger partial charge is 0.449 e. The first kappa shape index (κ1) is 8.93. The van der Waals surface area contributed by atoms with Gasteiger partial charge in [-0.3, -0.25) is 4.90 Å². The van der Waals surface area contributed by atoms with Crippen LogP contribution < -0.4 is 10.6 Å². The number of nitrogens with zero attached hydrogens (tertiary/aromatic N) is 1. The van der Waals surface area contributed by atoms with E-state index in [1.54, 1.807) is 18.0 Å². The van der Waals surface area contributed by atoms with E-state index in [2.05, 4.69) is 10.6 Å². The third-order valence-corrected chi connectivity index (χ3v) is 2.16. The van der Waals surface area contributed by atoms with Crippen molar-refractivity contribution in [2.75, 3.05) is 19.8 Å². The van der Waals surface area contributed by atoms with Gasteiger partial charge in [-0.1, -0.05) is 0 Å². The standard InChI is InChI=1S/C9H13N3O2/c1-2-14-9(13)12-4-3-7-8(5-12)11-6-10-7/h3-4,10-11H,2,5-6H2,1H3. The lowest BCUT2D eigenvalue weighted by Crippen LogP contribution is -2.32. The summed E-state index contributed by atoms with van der Waals surface area (Å²) in [5, 5.41) is 6.31. The van der Waals surface area contributed by atoms with Gasteiger partial charge in [0.25, 0.3) is 0 Å². The number of hydrogen-bond donors (Lipinski definition) is 2. The third-order valence-electron chi connectivity index (χ3n) is 2.16. The molecule has 0 atom stereocenters. The third kappa shape index (κ3) is 1.53. The Morgan fingerprint density at radius 3 is 3.29 bits per heavy atom. The highest BCUT2D eigenvalue weighted by Gasteiger charge is 2.21. The van der Waals surface area contributed by atoms with Crippen LogP contribution in [0.2, 0.25) is 0 Å². The van der Waals surface area contributed by atoms with Crippen LogP contribution in [0.1, 0.15) is 6.92 Å². The number of carbonyl (C=O) groups is 1. The topological polar surface area (TPSA) is 53.6 Å². The highest BCUT2D eigenvalue weighted by Crippen LogP contribution is 2.14. The van der Waals surface area contributed by atoms with Gasteiger partial charge in [-0.2, -0.15) is 0 Å². The molecule has 0 radical (unpaired) electrons. The molecule has 2 heterocycles. The number of carbonyl (C=O) groups excluding carboxylic acids is 1. The summed E-state index contributed by atoms with van der Waals surface area (Å²) in [6.45, 7) is 3.48. The smallest absolute Gasteiger partial charge is 0.414 e. The van der Waals surface area contributed by atoms with Crippen molar-refractivity contribution in [3.63, 3.8) is 0 Å². The molecule has 0 aromatic carbocycles. The Morgan fingerprint density at radius 2 is 2.50 bits per heavy atom. The monoisotopic (exact) mass is 195 g/mol. The van der Waals surface area contributed by atoms with Crippen LogP contribution in [0.25, 0.3) is 0 Å². The van der Waals surface area contributed by atoms with Crippen LogP contribution in [-0.2, 0) is 4.74 Å². The Morgan fingerprint density at radius 1 is 1.64 bits per heavy atom. The molecule has 2 N–H and O–H groups in total. The molecular formula is C9H13N3O2. The van der Waals surface area contributed by atoms with Gasteiger partial charge >= 0.3 is 6.09 Å². The minimum atomic E-state index is -0.302. The van der Waals surface area contributed by atoms with Crippen molar-refractivity contribution < 1.29 is 9.53 Å². The summed E-state index contributed by atoms with van der Waals surface area (Å²) in [4.78, 5) is 12.9. The molecule has 2 aliphatic rings. The molecule has 0 aromatic rings. The van der Waals surface area contributed by atoms with Gasteiger partial charge in [0.05, 0.1) is 31.2 Å². The van der Waals surface area contributed by atoms with Crippen molar-refractivity contribution in [3.8, 4) is 0 Å². The summed E-state index contributed by atoms with van der Waals surface area (Å²) in [5.41, 5.74) is 2.10. The lowest BCUT2D eigenvalue weighted by atomic mass is 10.2. The Labute approximate surface area is 82.4 Å². The zero-order valence-electron chi connectivity index (χ0n) is 8.04. The van der Waals surface area contributed by atoms with Crippen LogP contribution in [0.15, 0.2) is 23.7 Å². The van der Waals surface area contributed by atoms with Gasteiger partial charge in [-0.15, -0.1) is 0 Å². The fourth-order valence-corrected chi connectivity index (χ4v) is 1.47. The van der Waals surface area contributed by atoms with E-state index in [4.69, 9.17) is 4.74 Å². The number of ether oxygens (including phenoxy) is 1. The first-order valence-electron chi connectivity index (χ1n) is 4.63. The van der Waals surface area contributed by atoms with Crippen molar-refractivity contribution >= 4 is 6.09 Å². The average molecular weight is 195 g/mol. The molecule has 14 heavy (non-hydrogen) atoms. The molecule has 5 nitrogen and oxygen atoms in total. The zero-order chi connectivity index (χ0) is 9.97. The van der Waals surface area contributed by atoms with Crippen LogP contribution in [-0.4, -0.2) is 30.8 Å². The van der Waals surface area contributed by atoms with E-state index in [-0.39, 0.29) is 6.09 Å². The molecule has 2 aliphatic heterocycles.